The van der Waals surface area contributed by atoms with Crippen molar-refractivity contribution < 1.29 is 4.74 Å². The summed E-state index contributed by atoms with van der Waals surface area (Å²) in [5, 5.41) is 0. The molecule has 0 aliphatic carbocycles. The van der Waals surface area contributed by atoms with E-state index in [9.17, 15) is 0 Å². The minimum atomic E-state index is 0.856. The van der Waals surface area contributed by atoms with Crippen LogP contribution in [0.5, 0.6) is 0 Å². The van der Waals surface area contributed by atoms with Crippen molar-refractivity contribution in [2.45, 2.75) is 31.3 Å². The van der Waals surface area contributed by atoms with Crippen molar-refractivity contribution in [2.24, 2.45) is 5.92 Å². The first-order chi connectivity index (χ1) is 7.33. The number of hydrogen-bond donors (Lipinski definition) is 0. The van der Waals surface area contributed by atoms with Crippen LogP contribution in [0.25, 0.3) is 0 Å². The third-order valence-electron chi connectivity index (χ3n) is 4.46. The van der Waals surface area contributed by atoms with Crippen LogP contribution in [0.2, 0.25) is 0 Å². The molecule has 0 spiro atoms. The molecule has 3 heterocycles. The summed E-state index contributed by atoms with van der Waals surface area (Å²) in [6.07, 6.45) is 3.98. The molecule has 0 aromatic heterocycles. The van der Waals surface area contributed by atoms with Crippen molar-refractivity contribution in [3.63, 3.8) is 0 Å². The summed E-state index contributed by atoms with van der Waals surface area (Å²) in [6.45, 7) is 5.93. The maximum Gasteiger partial charge on any atom is 0.0469 e. The highest BCUT2D eigenvalue weighted by Gasteiger charge is 2.41. The zero-order chi connectivity index (χ0) is 10.3. The number of nitrogens with zero attached hydrogens (tertiary/aromatic N) is 2. The van der Waals surface area contributed by atoms with Gasteiger partial charge in [-0.1, -0.05) is 0 Å². The molecule has 15 heavy (non-hydrogen) atoms. The Morgan fingerprint density at radius 3 is 2.53 bits per heavy atom. The van der Waals surface area contributed by atoms with E-state index in [1.165, 1.54) is 38.9 Å². The zero-order valence-corrected chi connectivity index (χ0v) is 9.69. The van der Waals surface area contributed by atoms with Gasteiger partial charge in [-0.2, -0.15) is 0 Å². The molecule has 3 rings (SSSR count). The third kappa shape index (κ3) is 1.93. The smallest absolute Gasteiger partial charge is 0.0469 e. The van der Waals surface area contributed by atoms with Gasteiger partial charge in [0.05, 0.1) is 0 Å². The fourth-order valence-electron chi connectivity index (χ4n) is 3.43. The lowest BCUT2D eigenvalue weighted by Gasteiger charge is -2.35. The molecule has 2 unspecified atom stereocenters. The standard InChI is InChI=1S/C12H22N2O/c1-13-8-12-6-11(13)9-14(12)7-10-2-4-15-5-3-10/h10-12H,2-9H2,1H3. The number of likely N-dealkylation sites (tertiary alicyclic amines) is 2. The van der Waals surface area contributed by atoms with Gasteiger partial charge in [-0.25, -0.2) is 0 Å². The van der Waals surface area contributed by atoms with E-state index in [0.29, 0.717) is 0 Å². The normalized spacial score (nSPS) is 39.0. The number of ether oxygens (including phenoxy) is 1. The number of fused-ring (bicyclic) bond motifs is 2. The molecule has 0 radical (unpaired) electrons. The van der Waals surface area contributed by atoms with Crippen molar-refractivity contribution in [1.82, 2.24) is 9.80 Å². The maximum atomic E-state index is 5.42. The van der Waals surface area contributed by atoms with Gasteiger partial charge in [0.15, 0.2) is 0 Å². The first-order valence-electron chi connectivity index (χ1n) is 6.35. The second-order valence-electron chi connectivity index (χ2n) is 5.49. The van der Waals surface area contributed by atoms with E-state index in [2.05, 4.69) is 16.8 Å². The molecule has 0 saturated carbocycles. The topological polar surface area (TPSA) is 15.7 Å². The van der Waals surface area contributed by atoms with Gasteiger partial charge >= 0.3 is 0 Å². The summed E-state index contributed by atoms with van der Waals surface area (Å²) in [5.41, 5.74) is 0. The van der Waals surface area contributed by atoms with Gasteiger partial charge in [-0.15, -0.1) is 0 Å². The molecular weight excluding hydrogens is 188 g/mol. The largest absolute Gasteiger partial charge is 0.381 e. The Morgan fingerprint density at radius 2 is 1.93 bits per heavy atom. The molecule has 0 amide bonds. The lowest BCUT2D eigenvalue weighted by atomic mass is 9.99. The number of rotatable bonds is 2. The van der Waals surface area contributed by atoms with Gasteiger partial charge in [0.25, 0.3) is 0 Å². The van der Waals surface area contributed by atoms with Crippen LogP contribution in [-0.2, 0) is 4.74 Å². The van der Waals surface area contributed by atoms with E-state index in [1.54, 1.807) is 0 Å². The van der Waals surface area contributed by atoms with Gasteiger partial charge in [0, 0.05) is 44.9 Å². The van der Waals surface area contributed by atoms with Crippen LogP contribution in [0, 0.1) is 5.92 Å². The zero-order valence-electron chi connectivity index (χ0n) is 9.69. The van der Waals surface area contributed by atoms with Crippen molar-refractivity contribution in [2.75, 3.05) is 39.9 Å². The van der Waals surface area contributed by atoms with Gasteiger partial charge in [-0.3, -0.25) is 4.90 Å². The number of hydrogen-bond acceptors (Lipinski definition) is 3. The van der Waals surface area contributed by atoms with Crippen LogP contribution in [0.1, 0.15) is 19.3 Å². The van der Waals surface area contributed by atoms with E-state index >= 15 is 0 Å². The highest BCUT2D eigenvalue weighted by molar-refractivity contribution is 4.98. The minimum Gasteiger partial charge on any atom is -0.381 e. The summed E-state index contributed by atoms with van der Waals surface area (Å²) in [4.78, 5) is 5.27. The van der Waals surface area contributed by atoms with Gasteiger partial charge < -0.3 is 9.64 Å². The van der Waals surface area contributed by atoms with E-state index in [0.717, 1.165) is 31.2 Å². The Balaban J connectivity index is 1.52. The Kier molecular flexibility index (Phi) is 2.71. The monoisotopic (exact) mass is 210 g/mol. The molecule has 2 atom stereocenters. The van der Waals surface area contributed by atoms with Crippen molar-refractivity contribution >= 4 is 0 Å². The van der Waals surface area contributed by atoms with Crippen LogP contribution in [0.15, 0.2) is 0 Å². The van der Waals surface area contributed by atoms with Crippen LogP contribution in [0.3, 0.4) is 0 Å². The third-order valence-corrected chi connectivity index (χ3v) is 4.46. The van der Waals surface area contributed by atoms with Crippen molar-refractivity contribution in [3.8, 4) is 0 Å². The van der Waals surface area contributed by atoms with Crippen LogP contribution in [-0.4, -0.2) is 61.8 Å². The quantitative estimate of drug-likeness (QED) is 0.670. The summed E-state index contributed by atoms with van der Waals surface area (Å²) < 4.78 is 5.42. The van der Waals surface area contributed by atoms with Crippen LogP contribution < -0.4 is 0 Å². The van der Waals surface area contributed by atoms with Crippen molar-refractivity contribution in [3.05, 3.63) is 0 Å². The summed E-state index contributed by atoms with van der Waals surface area (Å²) in [6, 6.07) is 1.72. The fourth-order valence-corrected chi connectivity index (χ4v) is 3.43. The second-order valence-corrected chi connectivity index (χ2v) is 5.49. The number of likely N-dealkylation sites (N-methyl/N-ethyl adjacent to an activating group) is 1. The lowest BCUT2D eigenvalue weighted by molar-refractivity contribution is 0.0431. The van der Waals surface area contributed by atoms with E-state index in [4.69, 9.17) is 4.74 Å². The summed E-state index contributed by atoms with van der Waals surface area (Å²) >= 11 is 0. The molecule has 3 nitrogen and oxygen atoms in total. The minimum absolute atomic E-state index is 0.856. The molecule has 3 saturated heterocycles. The van der Waals surface area contributed by atoms with Crippen molar-refractivity contribution in [1.29, 1.82) is 0 Å². The molecule has 3 aliphatic heterocycles. The molecule has 2 bridgehead atoms. The molecule has 3 fully saturated rings. The first kappa shape index (κ1) is 10.1. The molecular formula is C12H22N2O. The summed E-state index contributed by atoms with van der Waals surface area (Å²) in [7, 11) is 2.27. The molecule has 0 aromatic carbocycles. The van der Waals surface area contributed by atoms with E-state index in [-0.39, 0.29) is 0 Å². The SMILES string of the molecule is CN1CC2CC1CN2CC1CCOCC1. The van der Waals surface area contributed by atoms with Gasteiger partial charge in [-0.05, 0) is 32.2 Å². The fraction of sp³-hybridized carbons (Fsp3) is 1.00. The predicted molar refractivity (Wildman–Crippen MR) is 59.9 cm³/mol. The molecule has 0 aromatic rings. The molecule has 3 aliphatic rings. The van der Waals surface area contributed by atoms with Crippen LogP contribution >= 0.6 is 0 Å². The Labute approximate surface area is 92.4 Å². The Bertz CT molecular complexity index is 226. The highest BCUT2D eigenvalue weighted by atomic mass is 16.5. The maximum absolute atomic E-state index is 5.42. The highest BCUT2D eigenvalue weighted by Crippen LogP contribution is 2.31. The molecule has 0 N–H and O–H groups in total. The van der Waals surface area contributed by atoms with E-state index < -0.39 is 0 Å². The van der Waals surface area contributed by atoms with Gasteiger partial charge in [0.1, 0.15) is 0 Å². The average molecular weight is 210 g/mol. The Morgan fingerprint density at radius 1 is 1.13 bits per heavy atom. The van der Waals surface area contributed by atoms with Crippen LogP contribution in [0.4, 0.5) is 0 Å². The lowest BCUT2D eigenvalue weighted by Crippen LogP contribution is -2.46. The molecule has 3 heteroatoms. The second kappa shape index (κ2) is 4.04. The first-order valence-corrected chi connectivity index (χ1v) is 6.35. The molecule has 86 valence electrons. The number of piperazine rings is 1. The average Bonchev–Trinajstić information content (AvgIpc) is 2.78. The Hall–Kier alpha value is -0.120. The predicted octanol–water partition coefficient (Wildman–Crippen LogP) is 0.801. The van der Waals surface area contributed by atoms with Gasteiger partial charge in [0.2, 0.25) is 0 Å². The van der Waals surface area contributed by atoms with E-state index in [1.807, 2.05) is 0 Å². The summed E-state index contributed by atoms with van der Waals surface area (Å²) in [5.74, 6) is 0.906.